The van der Waals surface area contributed by atoms with Crippen LogP contribution in [0.15, 0.2) is 66.7 Å². The normalized spacial score (nSPS) is 15.4. The zero-order valence-electron chi connectivity index (χ0n) is 23.9. The molecule has 1 atom stereocenters. The molecule has 0 amide bonds. The minimum absolute atomic E-state index is 0.0786. The van der Waals surface area contributed by atoms with E-state index in [9.17, 15) is 4.79 Å². The summed E-state index contributed by atoms with van der Waals surface area (Å²) in [6.45, 7) is 5.71. The highest BCUT2D eigenvalue weighted by atomic mass is 16.5. The molecule has 0 radical (unpaired) electrons. The standard InChI is InChI=1S/C32H40N2O6/c1-5-39-30(35)16-11-21-40-31-24(17-18-29(37-3)32(31)38-4)22-34-20-19-33(25-12-7-6-8-13-25)23-27(34)26-14-9-10-15-28(26)36-2/h6-10,12-15,17-18,27H,5,11,16,19-23H2,1-4H3. The van der Waals surface area contributed by atoms with Gasteiger partial charge in [-0.1, -0.05) is 42.5 Å². The highest BCUT2D eigenvalue weighted by Gasteiger charge is 2.31. The van der Waals surface area contributed by atoms with Gasteiger partial charge in [0.15, 0.2) is 11.5 Å². The molecule has 0 aromatic heterocycles. The summed E-state index contributed by atoms with van der Waals surface area (Å²) < 4.78 is 28.4. The summed E-state index contributed by atoms with van der Waals surface area (Å²) in [4.78, 5) is 16.7. The highest BCUT2D eigenvalue weighted by molar-refractivity contribution is 5.69. The molecule has 1 fully saturated rings. The van der Waals surface area contributed by atoms with E-state index in [1.54, 1.807) is 28.3 Å². The number of anilines is 1. The van der Waals surface area contributed by atoms with E-state index < -0.39 is 0 Å². The van der Waals surface area contributed by atoms with Gasteiger partial charge in [-0.15, -0.1) is 0 Å². The Morgan fingerprint density at radius 2 is 1.60 bits per heavy atom. The number of methoxy groups -OCH3 is 3. The van der Waals surface area contributed by atoms with Crippen LogP contribution in [0.2, 0.25) is 0 Å². The molecule has 8 nitrogen and oxygen atoms in total. The number of hydrogen-bond acceptors (Lipinski definition) is 8. The first-order valence-electron chi connectivity index (χ1n) is 13.8. The predicted molar refractivity (Wildman–Crippen MR) is 156 cm³/mol. The molecular formula is C32H40N2O6. The molecule has 0 saturated carbocycles. The van der Waals surface area contributed by atoms with Crippen LogP contribution in [0.1, 0.15) is 36.9 Å². The van der Waals surface area contributed by atoms with Gasteiger partial charge in [-0.25, -0.2) is 0 Å². The molecule has 8 heteroatoms. The van der Waals surface area contributed by atoms with Crippen molar-refractivity contribution in [2.75, 3.05) is 59.1 Å². The molecule has 1 saturated heterocycles. The number of hydrogen-bond donors (Lipinski definition) is 0. The third kappa shape index (κ3) is 6.99. The van der Waals surface area contributed by atoms with Crippen molar-refractivity contribution in [1.29, 1.82) is 0 Å². The Morgan fingerprint density at radius 1 is 0.850 bits per heavy atom. The van der Waals surface area contributed by atoms with Gasteiger partial charge in [0.2, 0.25) is 5.75 Å². The van der Waals surface area contributed by atoms with Gasteiger partial charge < -0.3 is 28.6 Å². The highest BCUT2D eigenvalue weighted by Crippen LogP contribution is 2.42. The molecule has 3 aromatic carbocycles. The number of carbonyl (C=O) groups excluding carboxylic acids is 1. The Bertz CT molecular complexity index is 1240. The molecule has 1 heterocycles. The van der Waals surface area contributed by atoms with E-state index in [4.69, 9.17) is 23.7 Å². The van der Waals surface area contributed by atoms with Gasteiger partial charge in [-0.3, -0.25) is 9.69 Å². The van der Waals surface area contributed by atoms with Gasteiger partial charge in [0.05, 0.1) is 40.6 Å². The summed E-state index contributed by atoms with van der Waals surface area (Å²) in [6, 6.07) is 22.8. The Labute approximate surface area is 237 Å². The van der Waals surface area contributed by atoms with Gasteiger partial charge in [0.25, 0.3) is 0 Å². The molecule has 4 rings (SSSR count). The Morgan fingerprint density at radius 3 is 2.33 bits per heavy atom. The number of carbonyl (C=O) groups is 1. The van der Waals surface area contributed by atoms with Crippen molar-refractivity contribution in [1.82, 2.24) is 4.90 Å². The van der Waals surface area contributed by atoms with Crippen molar-refractivity contribution in [3.63, 3.8) is 0 Å². The maximum atomic E-state index is 11.8. The van der Waals surface area contributed by atoms with Crippen LogP contribution in [0.25, 0.3) is 0 Å². The van der Waals surface area contributed by atoms with Crippen LogP contribution in [-0.4, -0.2) is 65.0 Å². The smallest absolute Gasteiger partial charge is 0.305 e. The van der Waals surface area contributed by atoms with Crippen molar-refractivity contribution >= 4 is 11.7 Å². The minimum Gasteiger partial charge on any atom is -0.496 e. The summed E-state index contributed by atoms with van der Waals surface area (Å²) in [6.07, 6.45) is 0.838. The zero-order valence-corrected chi connectivity index (χ0v) is 23.9. The second kappa shape index (κ2) is 14.5. The molecule has 0 spiro atoms. The topological polar surface area (TPSA) is 69.7 Å². The Hall–Kier alpha value is -3.91. The van der Waals surface area contributed by atoms with Crippen LogP contribution in [0.5, 0.6) is 23.0 Å². The van der Waals surface area contributed by atoms with E-state index in [0.717, 1.165) is 36.5 Å². The van der Waals surface area contributed by atoms with E-state index >= 15 is 0 Å². The zero-order chi connectivity index (χ0) is 28.3. The molecule has 1 aliphatic rings. The van der Waals surface area contributed by atoms with Crippen LogP contribution < -0.4 is 23.8 Å². The molecule has 0 aliphatic carbocycles. The first-order chi connectivity index (χ1) is 19.6. The average Bonchev–Trinajstić information content (AvgIpc) is 3.00. The maximum Gasteiger partial charge on any atom is 0.305 e. The summed E-state index contributed by atoms with van der Waals surface area (Å²) in [5.74, 6) is 2.43. The predicted octanol–water partition coefficient (Wildman–Crippen LogP) is 5.50. The minimum atomic E-state index is -0.222. The van der Waals surface area contributed by atoms with Crippen LogP contribution in [0.3, 0.4) is 0 Å². The van der Waals surface area contributed by atoms with Crippen molar-refractivity contribution in [2.45, 2.75) is 32.4 Å². The fourth-order valence-corrected chi connectivity index (χ4v) is 5.18. The molecular weight excluding hydrogens is 508 g/mol. The number of nitrogens with zero attached hydrogens (tertiary/aromatic N) is 2. The van der Waals surface area contributed by atoms with Gasteiger partial charge in [0, 0.05) is 49.4 Å². The summed E-state index contributed by atoms with van der Waals surface area (Å²) >= 11 is 0. The monoisotopic (exact) mass is 548 g/mol. The molecule has 214 valence electrons. The second-order valence-electron chi connectivity index (χ2n) is 9.56. The van der Waals surface area contributed by atoms with Crippen molar-refractivity contribution in [3.05, 3.63) is 77.9 Å². The lowest BCUT2D eigenvalue weighted by atomic mass is 9.99. The summed E-state index contributed by atoms with van der Waals surface area (Å²) in [5.41, 5.74) is 3.34. The van der Waals surface area contributed by atoms with Gasteiger partial charge in [-0.05, 0) is 37.6 Å². The summed E-state index contributed by atoms with van der Waals surface area (Å²) in [5, 5.41) is 0. The van der Waals surface area contributed by atoms with E-state index in [1.165, 1.54) is 5.69 Å². The molecule has 0 bridgehead atoms. The number of rotatable bonds is 13. The quantitative estimate of drug-likeness (QED) is 0.205. The number of para-hydroxylation sites is 2. The first-order valence-corrected chi connectivity index (χ1v) is 13.8. The fraction of sp³-hybridized carbons (Fsp3) is 0.406. The van der Waals surface area contributed by atoms with E-state index in [-0.39, 0.29) is 12.0 Å². The van der Waals surface area contributed by atoms with Gasteiger partial charge >= 0.3 is 5.97 Å². The third-order valence-corrected chi connectivity index (χ3v) is 7.14. The van der Waals surface area contributed by atoms with Crippen molar-refractivity contribution < 1.29 is 28.5 Å². The molecule has 1 aliphatic heterocycles. The number of ether oxygens (including phenoxy) is 5. The molecule has 0 N–H and O–H groups in total. The van der Waals surface area contributed by atoms with Crippen LogP contribution in [0, 0.1) is 0 Å². The van der Waals surface area contributed by atoms with Gasteiger partial charge in [-0.2, -0.15) is 0 Å². The van der Waals surface area contributed by atoms with Crippen molar-refractivity contribution in [3.8, 4) is 23.0 Å². The lowest BCUT2D eigenvalue weighted by Gasteiger charge is -2.43. The molecule has 40 heavy (non-hydrogen) atoms. The number of piperazine rings is 1. The molecule has 1 unspecified atom stereocenters. The lowest BCUT2D eigenvalue weighted by Crippen LogP contribution is -2.48. The van der Waals surface area contributed by atoms with E-state index in [1.807, 2.05) is 30.3 Å². The van der Waals surface area contributed by atoms with Crippen molar-refractivity contribution in [2.24, 2.45) is 0 Å². The fourth-order valence-electron chi connectivity index (χ4n) is 5.18. The number of benzene rings is 3. The maximum absolute atomic E-state index is 11.8. The van der Waals surface area contributed by atoms with E-state index in [2.05, 4.69) is 46.2 Å². The molecule has 3 aromatic rings. The third-order valence-electron chi connectivity index (χ3n) is 7.14. The summed E-state index contributed by atoms with van der Waals surface area (Å²) in [7, 11) is 4.95. The largest absolute Gasteiger partial charge is 0.496 e. The average molecular weight is 549 g/mol. The second-order valence-corrected chi connectivity index (χ2v) is 9.56. The lowest BCUT2D eigenvalue weighted by molar-refractivity contribution is -0.143. The van der Waals surface area contributed by atoms with Crippen LogP contribution >= 0.6 is 0 Å². The first kappa shape index (κ1) is 29.1. The SMILES string of the molecule is CCOC(=O)CCCOc1c(CN2CCN(c3ccccc3)CC2c2ccccc2OC)ccc(OC)c1OC. The van der Waals surface area contributed by atoms with Gasteiger partial charge in [0.1, 0.15) is 5.75 Å². The Kier molecular flexibility index (Phi) is 10.5. The number of esters is 1. The Balaban J connectivity index is 1.62. The van der Waals surface area contributed by atoms with E-state index in [0.29, 0.717) is 49.8 Å². The van der Waals surface area contributed by atoms with Crippen LogP contribution in [-0.2, 0) is 16.1 Å². The van der Waals surface area contributed by atoms with Crippen LogP contribution in [0.4, 0.5) is 5.69 Å².